The number of nitrogens with one attached hydrogen (secondary N) is 1. The second-order valence-corrected chi connectivity index (χ2v) is 7.72. The molecule has 1 N–H and O–H groups in total. The molecule has 7 heteroatoms. The molecule has 1 aliphatic rings. The number of benzene rings is 2. The van der Waals surface area contributed by atoms with Crippen LogP contribution in [0, 0.1) is 11.3 Å². The van der Waals surface area contributed by atoms with Gasteiger partial charge in [-0.05, 0) is 24.1 Å². The van der Waals surface area contributed by atoms with E-state index in [2.05, 4.69) is 4.72 Å². The third kappa shape index (κ3) is 4.48. The predicted octanol–water partition coefficient (Wildman–Crippen LogP) is 2.21. The summed E-state index contributed by atoms with van der Waals surface area (Å²) in [6.07, 6.45) is 0.299. The molecule has 26 heavy (non-hydrogen) atoms. The molecule has 2 aromatic carbocycles. The number of hydrogen-bond donors (Lipinski definition) is 1. The summed E-state index contributed by atoms with van der Waals surface area (Å²) in [4.78, 5) is -0.0325. The molecule has 0 aromatic heterocycles. The highest BCUT2D eigenvalue weighted by Gasteiger charge is 2.31. The topological polar surface area (TPSA) is 88.4 Å². The number of sulfonamides is 1. The van der Waals surface area contributed by atoms with Gasteiger partial charge in [-0.1, -0.05) is 42.5 Å². The van der Waals surface area contributed by atoms with E-state index >= 15 is 0 Å². The van der Waals surface area contributed by atoms with Crippen molar-refractivity contribution in [2.75, 3.05) is 13.2 Å². The van der Waals surface area contributed by atoms with Crippen LogP contribution in [0.4, 0.5) is 0 Å². The van der Waals surface area contributed by atoms with Crippen LogP contribution in [0.2, 0.25) is 0 Å². The van der Waals surface area contributed by atoms with Crippen molar-refractivity contribution < 1.29 is 17.9 Å². The Hall–Kier alpha value is -2.24. The monoisotopic (exact) mass is 372 g/mol. The Morgan fingerprint density at radius 3 is 2.65 bits per heavy atom. The van der Waals surface area contributed by atoms with Crippen LogP contribution in [0.5, 0.6) is 0 Å². The molecule has 1 fully saturated rings. The number of nitrogens with zero attached hydrogens (tertiary/aromatic N) is 1. The summed E-state index contributed by atoms with van der Waals surface area (Å²) >= 11 is 0. The lowest BCUT2D eigenvalue weighted by Gasteiger charge is -2.32. The fourth-order valence-electron chi connectivity index (χ4n) is 2.86. The average molecular weight is 372 g/mol. The lowest BCUT2D eigenvalue weighted by molar-refractivity contribution is -0.0572. The van der Waals surface area contributed by atoms with Crippen molar-refractivity contribution in [1.29, 1.82) is 5.26 Å². The first-order valence-corrected chi connectivity index (χ1v) is 9.83. The smallest absolute Gasteiger partial charge is 0.242 e. The van der Waals surface area contributed by atoms with Gasteiger partial charge in [-0.15, -0.1) is 0 Å². The van der Waals surface area contributed by atoms with Gasteiger partial charge in [0, 0.05) is 6.61 Å². The number of hydrogen-bond acceptors (Lipinski definition) is 5. The fraction of sp³-hybridized carbons (Fsp3) is 0.316. The maximum atomic E-state index is 12.7. The average Bonchev–Trinajstić information content (AvgIpc) is 2.68. The molecule has 1 saturated heterocycles. The quantitative estimate of drug-likeness (QED) is 0.840. The third-order valence-electron chi connectivity index (χ3n) is 4.20. The molecule has 1 heterocycles. The summed E-state index contributed by atoms with van der Waals surface area (Å²) in [6.45, 7) is 1.15. The van der Waals surface area contributed by atoms with Crippen molar-refractivity contribution in [2.45, 2.75) is 30.1 Å². The van der Waals surface area contributed by atoms with Crippen molar-refractivity contribution in [3.63, 3.8) is 0 Å². The van der Waals surface area contributed by atoms with Crippen LogP contribution in [0.25, 0.3) is 0 Å². The largest absolute Gasteiger partial charge is 0.380 e. The first-order valence-electron chi connectivity index (χ1n) is 8.35. The van der Waals surface area contributed by atoms with E-state index in [-0.39, 0.29) is 23.2 Å². The molecule has 2 aromatic rings. The van der Waals surface area contributed by atoms with Gasteiger partial charge < -0.3 is 9.47 Å². The standard InChI is InChI=1S/C19H20N2O4S/c20-12-16-8-4-5-9-19(16)26(22,23)21-17-14-24-11-10-18(17)25-13-15-6-2-1-3-7-15/h1-9,17-18,21H,10-11,13-14H2/t17-,18+/m1/s1. The van der Waals surface area contributed by atoms with Crippen LogP contribution in [0.15, 0.2) is 59.5 Å². The van der Waals surface area contributed by atoms with E-state index in [1.807, 2.05) is 36.4 Å². The van der Waals surface area contributed by atoms with Crippen molar-refractivity contribution >= 4 is 10.0 Å². The Morgan fingerprint density at radius 2 is 1.88 bits per heavy atom. The summed E-state index contributed by atoms with van der Waals surface area (Å²) in [7, 11) is -3.85. The van der Waals surface area contributed by atoms with Gasteiger partial charge in [0.1, 0.15) is 6.07 Å². The Bertz CT molecular complexity index is 878. The van der Waals surface area contributed by atoms with Gasteiger partial charge in [0.2, 0.25) is 10.0 Å². The molecule has 2 atom stereocenters. The molecule has 0 amide bonds. The zero-order chi connectivity index (χ0) is 18.4. The van der Waals surface area contributed by atoms with Gasteiger partial charge in [-0.3, -0.25) is 0 Å². The van der Waals surface area contributed by atoms with Gasteiger partial charge >= 0.3 is 0 Å². The van der Waals surface area contributed by atoms with Crippen LogP contribution >= 0.6 is 0 Å². The summed E-state index contributed by atoms with van der Waals surface area (Å²) in [5.41, 5.74) is 1.13. The Morgan fingerprint density at radius 1 is 1.15 bits per heavy atom. The van der Waals surface area contributed by atoms with Crippen molar-refractivity contribution in [1.82, 2.24) is 4.72 Å². The van der Waals surface area contributed by atoms with E-state index in [4.69, 9.17) is 14.7 Å². The molecule has 0 bridgehead atoms. The Kier molecular flexibility index (Phi) is 6.01. The first-order chi connectivity index (χ1) is 12.6. The maximum Gasteiger partial charge on any atom is 0.242 e. The van der Waals surface area contributed by atoms with Gasteiger partial charge in [0.05, 0.1) is 35.8 Å². The van der Waals surface area contributed by atoms with Gasteiger partial charge in [-0.2, -0.15) is 5.26 Å². The number of rotatable bonds is 6. The predicted molar refractivity (Wildman–Crippen MR) is 95.7 cm³/mol. The number of ether oxygens (including phenoxy) is 2. The van der Waals surface area contributed by atoms with Crippen LogP contribution in [0.3, 0.4) is 0 Å². The van der Waals surface area contributed by atoms with E-state index in [1.165, 1.54) is 12.1 Å². The molecular weight excluding hydrogens is 352 g/mol. The van der Waals surface area contributed by atoms with E-state index < -0.39 is 16.1 Å². The maximum absolute atomic E-state index is 12.7. The third-order valence-corrected chi connectivity index (χ3v) is 5.75. The van der Waals surface area contributed by atoms with Gasteiger partial charge in [0.15, 0.2) is 0 Å². The van der Waals surface area contributed by atoms with E-state index in [0.717, 1.165) is 5.56 Å². The Balaban J connectivity index is 1.72. The Labute approximate surface area is 153 Å². The molecule has 0 saturated carbocycles. The highest BCUT2D eigenvalue weighted by Crippen LogP contribution is 2.19. The SMILES string of the molecule is N#Cc1ccccc1S(=O)(=O)N[C@@H]1COCC[C@@H]1OCc1ccccc1. The second kappa shape index (κ2) is 8.43. The molecule has 0 radical (unpaired) electrons. The molecule has 0 unspecified atom stereocenters. The first kappa shape index (κ1) is 18.5. The lowest BCUT2D eigenvalue weighted by atomic mass is 10.1. The van der Waals surface area contributed by atoms with E-state index in [9.17, 15) is 8.42 Å². The highest BCUT2D eigenvalue weighted by atomic mass is 32.2. The molecular formula is C19H20N2O4S. The summed E-state index contributed by atoms with van der Waals surface area (Å²) in [5, 5.41) is 9.16. The zero-order valence-corrected chi connectivity index (χ0v) is 15.0. The van der Waals surface area contributed by atoms with Crippen LogP contribution in [-0.4, -0.2) is 33.8 Å². The second-order valence-electron chi connectivity index (χ2n) is 6.03. The van der Waals surface area contributed by atoms with Crippen molar-refractivity contribution in [3.8, 4) is 6.07 Å². The van der Waals surface area contributed by atoms with Crippen LogP contribution in [0.1, 0.15) is 17.5 Å². The number of nitriles is 1. The van der Waals surface area contributed by atoms with E-state index in [0.29, 0.717) is 19.6 Å². The normalized spacial score (nSPS) is 20.4. The zero-order valence-electron chi connectivity index (χ0n) is 14.2. The molecule has 6 nitrogen and oxygen atoms in total. The van der Waals surface area contributed by atoms with Gasteiger partial charge in [0.25, 0.3) is 0 Å². The highest BCUT2D eigenvalue weighted by molar-refractivity contribution is 7.89. The van der Waals surface area contributed by atoms with Crippen LogP contribution < -0.4 is 4.72 Å². The summed E-state index contributed by atoms with van der Waals surface area (Å²) in [6, 6.07) is 17.2. The summed E-state index contributed by atoms with van der Waals surface area (Å²) < 4.78 is 39.5. The molecule has 3 rings (SSSR count). The molecule has 136 valence electrons. The minimum Gasteiger partial charge on any atom is -0.380 e. The lowest BCUT2D eigenvalue weighted by Crippen LogP contribution is -2.50. The molecule has 0 aliphatic carbocycles. The molecule has 0 spiro atoms. The van der Waals surface area contributed by atoms with Crippen LogP contribution in [-0.2, 0) is 26.1 Å². The van der Waals surface area contributed by atoms with Crippen molar-refractivity contribution in [2.24, 2.45) is 0 Å². The minimum absolute atomic E-state index is 0.0325. The minimum atomic E-state index is -3.85. The summed E-state index contributed by atoms with van der Waals surface area (Å²) in [5.74, 6) is 0. The van der Waals surface area contributed by atoms with E-state index in [1.54, 1.807) is 12.1 Å². The molecule has 1 aliphatic heterocycles. The van der Waals surface area contributed by atoms with Gasteiger partial charge in [-0.25, -0.2) is 13.1 Å². The van der Waals surface area contributed by atoms with Crippen molar-refractivity contribution in [3.05, 3.63) is 65.7 Å². The fourth-order valence-corrected chi connectivity index (χ4v) is 4.27.